The van der Waals surface area contributed by atoms with Crippen molar-refractivity contribution in [2.24, 2.45) is 0 Å². The smallest absolute Gasteiger partial charge is 0.341 e. The van der Waals surface area contributed by atoms with Gasteiger partial charge in [0.2, 0.25) is 0 Å². The first-order valence-electron chi connectivity index (χ1n) is 9.22. The number of benzene rings is 1. The molecular weight excluding hydrogens is 378 g/mol. The van der Waals surface area contributed by atoms with Gasteiger partial charge in [-0.3, -0.25) is 4.79 Å². The summed E-state index contributed by atoms with van der Waals surface area (Å²) < 4.78 is 5.04. The quantitative estimate of drug-likeness (QED) is 0.408. The van der Waals surface area contributed by atoms with Crippen molar-refractivity contribution in [3.8, 4) is 0 Å². The Kier molecular flexibility index (Phi) is 6.51. The van der Waals surface area contributed by atoms with Crippen LogP contribution in [-0.4, -0.2) is 46.4 Å². The number of carboxylic acids is 1. The van der Waals surface area contributed by atoms with Crippen LogP contribution in [0.25, 0.3) is 0 Å². The number of esters is 1. The third kappa shape index (κ3) is 4.44. The van der Waals surface area contributed by atoms with Crippen molar-refractivity contribution in [1.82, 2.24) is 9.97 Å². The molecule has 8 heteroatoms. The Bertz CT molecular complexity index is 888. The van der Waals surface area contributed by atoms with Gasteiger partial charge in [0.15, 0.2) is 11.0 Å². The van der Waals surface area contributed by atoms with Crippen LogP contribution in [0.4, 0.5) is 11.5 Å². The fraction of sp³-hybridized carbons (Fsp3) is 0.400. The molecule has 1 aromatic carbocycles. The van der Waals surface area contributed by atoms with E-state index in [9.17, 15) is 14.7 Å². The normalized spacial score (nSPS) is 12.5. The Morgan fingerprint density at radius 3 is 2.79 bits per heavy atom. The van der Waals surface area contributed by atoms with Crippen molar-refractivity contribution in [2.45, 2.75) is 37.8 Å². The second-order valence-corrected chi connectivity index (χ2v) is 7.19. The van der Waals surface area contributed by atoms with E-state index in [0.29, 0.717) is 11.8 Å². The Morgan fingerprint density at radius 2 is 2.07 bits per heavy atom. The van der Waals surface area contributed by atoms with E-state index in [4.69, 9.17) is 4.74 Å². The molecule has 0 unspecified atom stereocenters. The second-order valence-electron chi connectivity index (χ2n) is 6.41. The van der Waals surface area contributed by atoms with Gasteiger partial charge in [-0.2, -0.15) is 0 Å². The number of carboxylic acid groups (broad SMARTS) is 1. The van der Waals surface area contributed by atoms with Crippen LogP contribution in [0.1, 0.15) is 41.3 Å². The summed E-state index contributed by atoms with van der Waals surface area (Å²) in [6, 6.07) is 6.11. The van der Waals surface area contributed by atoms with Crippen LogP contribution in [0.5, 0.6) is 0 Å². The fourth-order valence-corrected chi connectivity index (χ4v) is 3.67. The molecule has 1 aliphatic carbocycles. The molecule has 1 N–H and O–H groups in total. The number of fused-ring (bicyclic) bond motifs is 1. The van der Waals surface area contributed by atoms with Crippen molar-refractivity contribution in [3.05, 3.63) is 41.1 Å². The minimum Gasteiger partial charge on any atom is -0.477 e. The molecule has 148 valence electrons. The molecule has 0 spiro atoms. The number of hydrogen-bond donors (Lipinski definition) is 1. The summed E-state index contributed by atoms with van der Waals surface area (Å²) in [5, 5.41) is 10.1. The number of hydrogen-bond acceptors (Lipinski definition) is 7. The van der Waals surface area contributed by atoms with E-state index in [1.165, 1.54) is 29.1 Å². The number of rotatable bonds is 8. The molecule has 0 saturated heterocycles. The summed E-state index contributed by atoms with van der Waals surface area (Å²) in [7, 11) is 0. The van der Waals surface area contributed by atoms with Gasteiger partial charge in [-0.1, -0.05) is 17.8 Å². The van der Waals surface area contributed by atoms with Crippen LogP contribution >= 0.6 is 11.8 Å². The van der Waals surface area contributed by atoms with E-state index in [0.717, 1.165) is 24.9 Å². The van der Waals surface area contributed by atoms with Crippen LogP contribution in [0.2, 0.25) is 0 Å². The van der Waals surface area contributed by atoms with Gasteiger partial charge in [0.1, 0.15) is 5.56 Å². The SMILES string of the molecule is CCOC(=O)CCN(c1ccc2c(c1)CCC2)c1nc(SC)ncc1C(=O)O. The van der Waals surface area contributed by atoms with E-state index in [2.05, 4.69) is 22.1 Å². The van der Waals surface area contributed by atoms with E-state index >= 15 is 0 Å². The number of carbonyl (C=O) groups is 2. The highest BCUT2D eigenvalue weighted by Gasteiger charge is 2.23. The number of ether oxygens (including phenoxy) is 1. The predicted molar refractivity (Wildman–Crippen MR) is 107 cm³/mol. The minimum atomic E-state index is -1.11. The summed E-state index contributed by atoms with van der Waals surface area (Å²) in [6.45, 7) is 2.33. The van der Waals surface area contributed by atoms with E-state index in [1.807, 2.05) is 12.3 Å². The van der Waals surface area contributed by atoms with Crippen molar-refractivity contribution >= 4 is 35.2 Å². The summed E-state index contributed by atoms with van der Waals surface area (Å²) in [5.41, 5.74) is 3.40. The number of thioether (sulfide) groups is 1. The predicted octanol–water partition coefficient (Wildman–Crippen LogP) is 3.48. The minimum absolute atomic E-state index is 0.00200. The van der Waals surface area contributed by atoms with Gasteiger partial charge in [-0.15, -0.1) is 0 Å². The molecule has 0 bridgehead atoms. The van der Waals surface area contributed by atoms with Gasteiger partial charge in [-0.05, 0) is 55.7 Å². The van der Waals surface area contributed by atoms with Crippen molar-refractivity contribution in [2.75, 3.05) is 24.3 Å². The van der Waals surface area contributed by atoms with Crippen LogP contribution in [-0.2, 0) is 22.4 Å². The number of anilines is 2. The highest BCUT2D eigenvalue weighted by molar-refractivity contribution is 7.98. The standard InChI is InChI=1S/C20H23N3O4S/c1-3-27-17(24)9-10-23(15-8-7-13-5-4-6-14(13)11-15)18-16(19(25)26)12-21-20(22-18)28-2/h7-8,11-12H,3-6,9-10H2,1-2H3,(H,25,26). The van der Waals surface area contributed by atoms with Gasteiger partial charge < -0.3 is 14.7 Å². The molecule has 0 amide bonds. The third-order valence-electron chi connectivity index (χ3n) is 4.65. The van der Waals surface area contributed by atoms with Crippen LogP contribution in [0.15, 0.2) is 29.6 Å². The zero-order chi connectivity index (χ0) is 20.1. The largest absolute Gasteiger partial charge is 0.477 e. The van der Waals surface area contributed by atoms with Crippen molar-refractivity contribution < 1.29 is 19.4 Å². The maximum absolute atomic E-state index is 11.9. The summed E-state index contributed by atoms with van der Waals surface area (Å²) in [4.78, 5) is 34.0. The second kappa shape index (κ2) is 9.05. The molecule has 0 fully saturated rings. The van der Waals surface area contributed by atoms with Crippen LogP contribution < -0.4 is 4.90 Å². The number of aromatic nitrogens is 2. The number of nitrogens with zero attached hydrogens (tertiary/aromatic N) is 3. The molecule has 0 radical (unpaired) electrons. The van der Waals surface area contributed by atoms with Crippen LogP contribution in [0, 0.1) is 0 Å². The molecule has 28 heavy (non-hydrogen) atoms. The number of aryl methyl sites for hydroxylation is 2. The molecule has 1 aliphatic rings. The van der Waals surface area contributed by atoms with E-state index in [1.54, 1.807) is 11.8 Å². The molecule has 1 heterocycles. The number of carbonyl (C=O) groups excluding carboxylic acids is 1. The Balaban J connectivity index is 2.03. The van der Waals surface area contributed by atoms with Gasteiger partial charge in [0, 0.05) is 18.4 Å². The summed E-state index contributed by atoms with van der Waals surface area (Å²) in [5.74, 6) is -1.15. The molecule has 2 aromatic rings. The van der Waals surface area contributed by atoms with Gasteiger partial charge >= 0.3 is 11.9 Å². The maximum atomic E-state index is 11.9. The van der Waals surface area contributed by atoms with Crippen molar-refractivity contribution in [3.63, 3.8) is 0 Å². The Hall–Kier alpha value is -2.61. The molecule has 0 aliphatic heterocycles. The Labute approximate surface area is 168 Å². The Morgan fingerprint density at radius 1 is 1.29 bits per heavy atom. The van der Waals surface area contributed by atoms with E-state index in [-0.39, 0.29) is 30.3 Å². The lowest BCUT2D eigenvalue weighted by atomic mass is 10.1. The first-order chi connectivity index (χ1) is 13.5. The highest BCUT2D eigenvalue weighted by atomic mass is 32.2. The highest BCUT2D eigenvalue weighted by Crippen LogP contribution is 2.32. The fourth-order valence-electron chi connectivity index (χ4n) is 3.33. The zero-order valence-corrected chi connectivity index (χ0v) is 16.8. The van der Waals surface area contributed by atoms with Crippen LogP contribution in [0.3, 0.4) is 0 Å². The molecule has 0 saturated carbocycles. The van der Waals surface area contributed by atoms with Gasteiger partial charge in [0.25, 0.3) is 0 Å². The molecular formula is C20H23N3O4S. The number of aromatic carboxylic acids is 1. The monoisotopic (exact) mass is 401 g/mol. The van der Waals surface area contributed by atoms with Gasteiger partial charge in [-0.25, -0.2) is 14.8 Å². The van der Waals surface area contributed by atoms with Gasteiger partial charge in [0.05, 0.1) is 13.0 Å². The summed E-state index contributed by atoms with van der Waals surface area (Å²) >= 11 is 1.34. The first-order valence-corrected chi connectivity index (χ1v) is 10.4. The van der Waals surface area contributed by atoms with E-state index < -0.39 is 5.97 Å². The summed E-state index contributed by atoms with van der Waals surface area (Å²) in [6.07, 6.45) is 6.46. The lowest BCUT2D eigenvalue weighted by Gasteiger charge is -2.25. The van der Waals surface area contributed by atoms with Crippen molar-refractivity contribution in [1.29, 1.82) is 0 Å². The average molecular weight is 401 g/mol. The lowest BCUT2D eigenvalue weighted by molar-refractivity contribution is -0.142. The molecule has 7 nitrogen and oxygen atoms in total. The third-order valence-corrected chi connectivity index (χ3v) is 5.22. The average Bonchev–Trinajstić information content (AvgIpc) is 3.16. The molecule has 3 rings (SSSR count). The molecule has 1 aromatic heterocycles. The lowest BCUT2D eigenvalue weighted by Crippen LogP contribution is -2.25. The topological polar surface area (TPSA) is 92.6 Å². The zero-order valence-electron chi connectivity index (χ0n) is 16.0. The first kappa shape index (κ1) is 20.1. The maximum Gasteiger partial charge on any atom is 0.341 e. The molecule has 0 atom stereocenters.